The third-order valence-electron chi connectivity index (χ3n) is 3.19. The molecular formula is C18H26N3O3+. The van der Waals surface area contributed by atoms with Gasteiger partial charge in [-0.25, -0.2) is 0 Å². The summed E-state index contributed by atoms with van der Waals surface area (Å²) in [7, 11) is 0. The third kappa shape index (κ3) is 7.64. The summed E-state index contributed by atoms with van der Waals surface area (Å²) in [4.78, 5) is 20.5. The average Bonchev–Trinajstić information content (AvgIpc) is 2.61. The maximum absolute atomic E-state index is 10.5. The second-order valence-corrected chi connectivity index (χ2v) is 4.98. The number of nitrogens with two attached hydrogens (primary N) is 2. The number of carboxylic acid groups (broad SMARTS) is 1. The van der Waals surface area contributed by atoms with E-state index in [1.165, 1.54) is 5.56 Å². The Morgan fingerprint density at radius 2 is 1.62 bits per heavy atom. The fraction of sp³-hybridized carbons (Fsp3) is 0.222. The molecule has 8 N–H and O–H groups in total. The summed E-state index contributed by atoms with van der Waals surface area (Å²) in [6, 6.07) is 16.9. The zero-order valence-corrected chi connectivity index (χ0v) is 13.6. The average molecular weight is 332 g/mol. The number of aldehydes is 1. The van der Waals surface area contributed by atoms with Crippen molar-refractivity contribution < 1.29 is 16.1 Å². The van der Waals surface area contributed by atoms with Crippen LogP contribution < -0.4 is 17.6 Å². The van der Waals surface area contributed by atoms with Gasteiger partial charge in [-0.15, -0.1) is 0 Å². The summed E-state index contributed by atoms with van der Waals surface area (Å²) in [5, 5.41) is 8.24. The minimum absolute atomic E-state index is 0. The number of hydrogen-bond donors (Lipinski definition) is 4. The van der Waals surface area contributed by atoms with Crippen molar-refractivity contribution in [3.8, 4) is 11.1 Å². The van der Waals surface area contributed by atoms with Gasteiger partial charge < -0.3 is 22.7 Å². The summed E-state index contributed by atoms with van der Waals surface area (Å²) in [5.74, 6) is -0.955. The van der Waals surface area contributed by atoms with Crippen LogP contribution in [0.1, 0.15) is 24.6 Å². The molecule has 0 aliphatic carbocycles. The molecule has 2 aromatic rings. The maximum Gasteiger partial charge on any atom is 1.00 e. The fourth-order valence-electron chi connectivity index (χ4n) is 1.85. The van der Waals surface area contributed by atoms with Gasteiger partial charge in [0, 0.05) is 5.56 Å². The normalized spacial score (nSPS) is 10.6. The number of aliphatic carboxylic acids is 1. The quantitative estimate of drug-likeness (QED) is 0.599. The van der Waals surface area contributed by atoms with Crippen LogP contribution in [0.15, 0.2) is 54.6 Å². The minimum Gasteiger partial charge on any atom is -0.480 e. The molecule has 0 saturated carbocycles. The van der Waals surface area contributed by atoms with Gasteiger partial charge in [-0.3, -0.25) is 9.59 Å². The number of carboxylic acids is 1. The van der Waals surface area contributed by atoms with Crippen LogP contribution in [0.4, 0.5) is 0 Å². The first-order valence-corrected chi connectivity index (χ1v) is 7.37. The molecule has 0 aliphatic heterocycles. The van der Waals surface area contributed by atoms with Crippen molar-refractivity contribution in [2.75, 3.05) is 6.54 Å². The van der Waals surface area contributed by atoms with E-state index in [0.717, 1.165) is 11.8 Å². The topological polar surface area (TPSA) is 141 Å². The smallest absolute Gasteiger partial charge is 0.480 e. The molecule has 2 aromatic carbocycles. The number of hydrogen-bond acceptors (Lipinski definition) is 5. The van der Waals surface area contributed by atoms with Gasteiger partial charge in [-0.1, -0.05) is 54.6 Å². The van der Waals surface area contributed by atoms with Gasteiger partial charge in [0.25, 0.3) is 0 Å². The van der Waals surface area contributed by atoms with E-state index in [1.807, 2.05) is 42.5 Å². The number of rotatable bonds is 6. The van der Waals surface area contributed by atoms with Gasteiger partial charge in [-0.05, 0) is 30.5 Å². The van der Waals surface area contributed by atoms with Gasteiger partial charge >= 0.3 is 7.40 Å². The molecule has 0 unspecified atom stereocenters. The van der Waals surface area contributed by atoms with Gasteiger partial charge in [0.1, 0.15) is 12.3 Å². The summed E-state index contributed by atoms with van der Waals surface area (Å²) in [6.07, 6.45) is 1.99. The van der Waals surface area contributed by atoms with Crippen LogP contribution in [0.3, 0.4) is 0 Å². The van der Waals surface area contributed by atoms with E-state index in [-0.39, 0.29) is 7.58 Å². The van der Waals surface area contributed by atoms with E-state index >= 15 is 0 Å². The summed E-state index contributed by atoms with van der Waals surface area (Å²) in [6.45, 7) is 0.501. The lowest BCUT2D eigenvalue weighted by Gasteiger charge is -2.02. The van der Waals surface area contributed by atoms with E-state index < -0.39 is 12.0 Å². The SMILES string of the molecule is N.NCCC[C@H](N)C(=O)O.O=Cc1ccc(-c2ccccc2)cc1.[H+]. The molecule has 0 fully saturated rings. The van der Waals surface area contributed by atoms with Crippen molar-refractivity contribution in [2.45, 2.75) is 18.9 Å². The molecule has 24 heavy (non-hydrogen) atoms. The first kappa shape index (κ1) is 21.5. The lowest BCUT2D eigenvalue weighted by atomic mass is 10.0. The van der Waals surface area contributed by atoms with E-state index in [9.17, 15) is 9.59 Å². The van der Waals surface area contributed by atoms with Crippen molar-refractivity contribution in [1.29, 1.82) is 0 Å². The molecule has 130 valence electrons. The minimum atomic E-state index is -0.955. The van der Waals surface area contributed by atoms with Gasteiger partial charge in [0.15, 0.2) is 0 Å². The first-order chi connectivity index (χ1) is 11.1. The Labute approximate surface area is 143 Å². The Morgan fingerprint density at radius 3 is 2.08 bits per heavy atom. The van der Waals surface area contributed by atoms with Gasteiger partial charge in [0.05, 0.1) is 0 Å². The highest BCUT2D eigenvalue weighted by Gasteiger charge is 2.08. The van der Waals surface area contributed by atoms with Gasteiger partial charge in [-0.2, -0.15) is 0 Å². The summed E-state index contributed by atoms with van der Waals surface area (Å²) in [5.41, 5.74) is 13.3. The van der Waals surface area contributed by atoms with Crippen molar-refractivity contribution in [3.63, 3.8) is 0 Å². The number of benzene rings is 2. The van der Waals surface area contributed by atoms with Crippen LogP contribution in [0.2, 0.25) is 0 Å². The van der Waals surface area contributed by atoms with E-state index in [0.29, 0.717) is 24.9 Å². The zero-order chi connectivity index (χ0) is 17.1. The second kappa shape index (κ2) is 12.0. The maximum atomic E-state index is 10.5. The molecule has 0 radical (unpaired) electrons. The predicted octanol–water partition coefficient (Wildman–Crippen LogP) is 2.58. The molecule has 6 nitrogen and oxygen atoms in total. The largest absolute Gasteiger partial charge is 1.00 e. The van der Waals surface area contributed by atoms with Crippen molar-refractivity contribution in [2.24, 2.45) is 11.5 Å². The highest BCUT2D eigenvalue weighted by Crippen LogP contribution is 2.18. The van der Waals surface area contributed by atoms with Crippen LogP contribution in [0.25, 0.3) is 11.1 Å². The molecule has 0 bridgehead atoms. The Kier molecular flexibility index (Phi) is 10.7. The standard InChI is InChI=1S/C13H10O.C5H12N2O2.H3N/c14-10-11-6-8-13(9-7-11)12-4-2-1-3-5-12;6-3-1-2-4(7)5(8)9;/h1-10H;4H,1-3,6-7H2,(H,8,9);1H3/p+1/t;4-;/m.0./s1. The lowest BCUT2D eigenvalue weighted by molar-refractivity contribution is -0.138. The molecule has 2 rings (SSSR count). The third-order valence-corrected chi connectivity index (χ3v) is 3.19. The Hall–Kier alpha value is -2.54. The van der Waals surface area contributed by atoms with Crippen molar-refractivity contribution >= 4 is 12.3 Å². The Morgan fingerprint density at radius 1 is 1.08 bits per heavy atom. The molecular weight excluding hydrogens is 306 g/mol. The van der Waals surface area contributed by atoms with E-state index in [1.54, 1.807) is 0 Å². The molecule has 0 aromatic heterocycles. The molecule has 0 aliphatic rings. The van der Waals surface area contributed by atoms with Crippen LogP contribution in [0.5, 0.6) is 0 Å². The van der Waals surface area contributed by atoms with Crippen molar-refractivity contribution in [3.05, 3.63) is 60.2 Å². The first-order valence-electron chi connectivity index (χ1n) is 7.37. The Bertz CT molecular complexity index is 607. The van der Waals surface area contributed by atoms with Crippen LogP contribution >= 0.6 is 0 Å². The van der Waals surface area contributed by atoms with E-state index in [4.69, 9.17) is 16.6 Å². The lowest BCUT2D eigenvalue weighted by Crippen LogP contribution is -2.30. The monoisotopic (exact) mass is 332 g/mol. The Balaban J connectivity index is 0. The number of carbonyl (C=O) groups excluding carboxylic acids is 1. The molecule has 6 heteroatoms. The zero-order valence-electron chi connectivity index (χ0n) is 14.6. The van der Waals surface area contributed by atoms with Gasteiger partial charge in [0.2, 0.25) is 0 Å². The van der Waals surface area contributed by atoms with Crippen molar-refractivity contribution in [1.82, 2.24) is 6.15 Å². The highest BCUT2D eigenvalue weighted by atomic mass is 16.4. The van der Waals surface area contributed by atoms with Crippen LogP contribution in [0, 0.1) is 0 Å². The van der Waals surface area contributed by atoms with E-state index in [2.05, 4.69) is 12.1 Å². The molecule has 0 heterocycles. The molecule has 1 atom stereocenters. The summed E-state index contributed by atoms with van der Waals surface area (Å²) < 4.78 is 0. The van der Waals surface area contributed by atoms with Crippen LogP contribution in [-0.2, 0) is 4.79 Å². The highest BCUT2D eigenvalue weighted by molar-refractivity contribution is 5.76. The predicted molar refractivity (Wildman–Crippen MR) is 97.3 cm³/mol. The second-order valence-electron chi connectivity index (χ2n) is 4.98. The molecule has 0 saturated heterocycles. The van der Waals surface area contributed by atoms with Crippen LogP contribution in [-0.4, -0.2) is 29.9 Å². The number of carbonyl (C=O) groups is 2. The fourth-order valence-corrected chi connectivity index (χ4v) is 1.85. The summed E-state index contributed by atoms with van der Waals surface area (Å²) >= 11 is 0. The molecule has 0 amide bonds. The molecule has 0 spiro atoms.